The van der Waals surface area contributed by atoms with E-state index < -0.39 is 17.6 Å². The van der Waals surface area contributed by atoms with E-state index in [-0.39, 0.29) is 22.0 Å². The lowest BCUT2D eigenvalue weighted by Gasteiger charge is -2.10. The van der Waals surface area contributed by atoms with E-state index in [2.05, 4.69) is 10.5 Å². The maximum atomic E-state index is 13.6. The van der Waals surface area contributed by atoms with Crippen LogP contribution in [0.1, 0.15) is 18.1 Å². The van der Waals surface area contributed by atoms with Gasteiger partial charge >= 0.3 is 6.18 Å². The average molecular weight is 331 g/mol. The van der Waals surface area contributed by atoms with Gasteiger partial charge < -0.3 is 0 Å². The van der Waals surface area contributed by atoms with E-state index >= 15 is 0 Å². The molecule has 116 valence electrons. The third kappa shape index (κ3) is 3.76. The molecule has 0 saturated carbocycles. The van der Waals surface area contributed by atoms with Crippen molar-refractivity contribution in [2.75, 3.05) is 5.43 Å². The van der Waals surface area contributed by atoms with E-state index in [1.807, 2.05) is 0 Å². The zero-order valence-corrected chi connectivity index (χ0v) is 12.1. The molecule has 2 rings (SSSR count). The van der Waals surface area contributed by atoms with E-state index in [9.17, 15) is 17.6 Å². The molecule has 0 aliphatic heterocycles. The van der Waals surface area contributed by atoms with Crippen molar-refractivity contribution in [2.45, 2.75) is 13.1 Å². The van der Waals surface area contributed by atoms with Crippen LogP contribution in [-0.4, -0.2) is 5.71 Å². The number of nitrogens with zero attached hydrogens (tertiary/aromatic N) is 1. The number of benzene rings is 2. The Hall–Kier alpha value is -2.08. The minimum atomic E-state index is -4.48. The fourth-order valence-electron chi connectivity index (χ4n) is 1.75. The smallest absolute Gasteiger partial charge is 0.277 e. The summed E-state index contributed by atoms with van der Waals surface area (Å²) in [6.45, 7) is 1.53. The molecular weight excluding hydrogens is 320 g/mol. The van der Waals surface area contributed by atoms with E-state index in [0.29, 0.717) is 0 Å². The molecule has 2 nitrogen and oxygen atoms in total. The number of nitrogens with one attached hydrogen (secondary N) is 1. The van der Waals surface area contributed by atoms with Gasteiger partial charge in [0.25, 0.3) is 0 Å². The quantitative estimate of drug-likeness (QED) is 0.459. The minimum Gasteiger partial charge on any atom is -0.277 e. The lowest BCUT2D eigenvalue weighted by atomic mass is 10.1. The molecule has 0 fully saturated rings. The highest BCUT2D eigenvalue weighted by atomic mass is 35.5. The Balaban J connectivity index is 2.28. The van der Waals surface area contributed by atoms with Gasteiger partial charge in [0.15, 0.2) is 0 Å². The first kappa shape index (κ1) is 16.3. The first-order valence-corrected chi connectivity index (χ1v) is 6.59. The molecule has 0 atom stereocenters. The van der Waals surface area contributed by atoms with Gasteiger partial charge in [-0.15, -0.1) is 0 Å². The Bertz CT molecular complexity index is 711. The summed E-state index contributed by atoms with van der Waals surface area (Å²) in [5.41, 5.74) is 2.12. The number of rotatable bonds is 3. The van der Waals surface area contributed by atoms with Crippen molar-refractivity contribution < 1.29 is 17.6 Å². The Labute approximate surface area is 129 Å². The largest absolute Gasteiger partial charge is 0.416 e. The number of hydrazone groups is 1. The number of halogens is 5. The molecule has 0 bridgehead atoms. The highest BCUT2D eigenvalue weighted by Gasteiger charge is 2.30. The second kappa shape index (κ2) is 6.36. The van der Waals surface area contributed by atoms with E-state index in [1.165, 1.54) is 25.1 Å². The number of anilines is 1. The Kier molecular flexibility index (Phi) is 4.71. The van der Waals surface area contributed by atoms with Gasteiger partial charge in [0.2, 0.25) is 0 Å². The molecule has 0 radical (unpaired) electrons. The summed E-state index contributed by atoms with van der Waals surface area (Å²) in [6, 6.07) is 8.80. The molecule has 0 heterocycles. The molecule has 1 N–H and O–H groups in total. The average Bonchev–Trinajstić information content (AvgIpc) is 2.45. The predicted molar refractivity (Wildman–Crippen MR) is 78.7 cm³/mol. The molecule has 22 heavy (non-hydrogen) atoms. The van der Waals surface area contributed by atoms with Crippen molar-refractivity contribution in [1.82, 2.24) is 0 Å². The summed E-state index contributed by atoms with van der Waals surface area (Å²) >= 11 is 5.83. The second-order valence-corrected chi connectivity index (χ2v) is 4.89. The molecule has 0 unspecified atom stereocenters. The molecule has 0 aliphatic rings. The first-order valence-electron chi connectivity index (χ1n) is 6.21. The summed E-state index contributed by atoms with van der Waals surface area (Å²) in [4.78, 5) is 0. The zero-order chi connectivity index (χ0) is 16.3. The van der Waals surface area contributed by atoms with Gasteiger partial charge in [0.05, 0.1) is 22.0 Å². The fourth-order valence-corrected chi connectivity index (χ4v) is 1.91. The lowest BCUT2D eigenvalue weighted by Crippen LogP contribution is -2.06. The molecule has 2 aromatic rings. The van der Waals surface area contributed by atoms with Crippen molar-refractivity contribution >= 4 is 23.0 Å². The standard InChI is InChI=1S/C15H11ClF4N2/c1-9(11-4-2-3-5-13(11)17)21-22-14-8-10(15(18,19)20)6-7-12(14)16/h2-8,22H,1H3/b21-9+. The normalized spacial score (nSPS) is 12.4. The van der Waals surface area contributed by atoms with Gasteiger partial charge in [-0.3, -0.25) is 5.43 Å². The van der Waals surface area contributed by atoms with Gasteiger partial charge in [-0.25, -0.2) is 4.39 Å². The molecular formula is C15H11ClF4N2. The van der Waals surface area contributed by atoms with Crippen LogP contribution in [0.15, 0.2) is 47.6 Å². The van der Waals surface area contributed by atoms with E-state index in [1.54, 1.807) is 6.07 Å². The molecule has 0 saturated heterocycles. The first-order chi connectivity index (χ1) is 10.3. The van der Waals surface area contributed by atoms with Gasteiger partial charge in [-0.05, 0) is 31.2 Å². The third-order valence-electron chi connectivity index (χ3n) is 2.90. The molecule has 0 spiro atoms. The van der Waals surface area contributed by atoms with Crippen LogP contribution in [0, 0.1) is 5.82 Å². The topological polar surface area (TPSA) is 24.4 Å². The maximum Gasteiger partial charge on any atom is 0.416 e. The molecule has 0 aromatic heterocycles. The summed E-state index contributed by atoms with van der Waals surface area (Å²) in [5, 5.41) is 3.97. The zero-order valence-electron chi connectivity index (χ0n) is 11.4. The van der Waals surface area contributed by atoms with Crippen LogP contribution < -0.4 is 5.43 Å². The van der Waals surface area contributed by atoms with Crippen molar-refractivity contribution in [3.8, 4) is 0 Å². The third-order valence-corrected chi connectivity index (χ3v) is 3.23. The van der Waals surface area contributed by atoms with Gasteiger partial charge in [0, 0.05) is 5.56 Å². The van der Waals surface area contributed by atoms with Gasteiger partial charge in [0.1, 0.15) is 5.82 Å². The fraction of sp³-hybridized carbons (Fsp3) is 0.133. The maximum absolute atomic E-state index is 13.6. The van der Waals surface area contributed by atoms with Crippen LogP contribution >= 0.6 is 11.6 Å². The number of hydrogen-bond donors (Lipinski definition) is 1. The van der Waals surface area contributed by atoms with Crippen molar-refractivity contribution in [3.63, 3.8) is 0 Å². The van der Waals surface area contributed by atoms with Crippen LogP contribution in [0.2, 0.25) is 5.02 Å². The molecule has 2 aromatic carbocycles. The second-order valence-electron chi connectivity index (χ2n) is 4.48. The Morgan fingerprint density at radius 3 is 2.45 bits per heavy atom. The highest BCUT2D eigenvalue weighted by Crippen LogP contribution is 2.33. The van der Waals surface area contributed by atoms with Crippen LogP contribution in [0.3, 0.4) is 0 Å². The Morgan fingerprint density at radius 2 is 1.82 bits per heavy atom. The summed E-state index contributed by atoms with van der Waals surface area (Å²) < 4.78 is 51.6. The molecule has 7 heteroatoms. The van der Waals surface area contributed by atoms with Crippen LogP contribution in [0.25, 0.3) is 0 Å². The van der Waals surface area contributed by atoms with Crippen molar-refractivity contribution in [1.29, 1.82) is 0 Å². The van der Waals surface area contributed by atoms with E-state index in [0.717, 1.165) is 18.2 Å². The van der Waals surface area contributed by atoms with Crippen molar-refractivity contribution in [3.05, 3.63) is 64.4 Å². The van der Waals surface area contributed by atoms with Gasteiger partial charge in [-0.1, -0.05) is 29.8 Å². The van der Waals surface area contributed by atoms with Crippen LogP contribution in [0.5, 0.6) is 0 Å². The highest BCUT2D eigenvalue weighted by molar-refractivity contribution is 6.33. The minimum absolute atomic E-state index is 0.00724. The number of hydrogen-bond acceptors (Lipinski definition) is 2. The lowest BCUT2D eigenvalue weighted by molar-refractivity contribution is -0.137. The Morgan fingerprint density at radius 1 is 1.14 bits per heavy atom. The summed E-state index contributed by atoms with van der Waals surface area (Å²) in [7, 11) is 0. The van der Waals surface area contributed by atoms with Crippen LogP contribution in [0.4, 0.5) is 23.2 Å². The number of alkyl halides is 3. The summed E-state index contributed by atoms with van der Waals surface area (Å²) in [5.74, 6) is -0.472. The van der Waals surface area contributed by atoms with Crippen LogP contribution in [-0.2, 0) is 6.18 Å². The SMILES string of the molecule is C/C(=N\Nc1cc(C(F)(F)F)ccc1Cl)c1ccccc1F. The van der Waals surface area contributed by atoms with E-state index in [4.69, 9.17) is 11.6 Å². The molecule has 0 amide bonds. The monoisotopic (exact) mass is 330 g/mol. The van der Waals surface area contributed by atoms with Crippen molar-refractivity contribution in [2.24, 2.45) is 5.10 Å². The van der Waals surface area contributed by atoms with Gasteiger partial charge in [-0.2, -0.15) is 18.3 Å². The molecule has 0 aliphatic carbocycles. The predicted octanol–water partition coefficient (Wildman–Crippen LogP) is 5.33. The summed E-state index contributed by atoms with van der Waals surface area (Å²) in [6.07, 6.45) is -4.48.